The molecule has 0 aliphatic carbocycles. The number of hydrogen-bond donors (Lipinski definition) is 2. The molecule has 0 amide bonds. The lowest BCUT2D eigenvalue weighted by Crippen LogP contribution is -2.60. The zero-order chi connectivity index (χ0) is 20.0. The fraction of sp³-hybridized carbons (Fsp3) is 0.500. The largest absolute Gasteiger partial charge is 0.479 e. The Hall–Kier alpha value is -1.94. The minimum absolute atomic E-state index is 0.000348. The van der Waals surface area contributed by atoms with Crippen LogP contribution in [0.25, 0.3) is 0 Å². The van der Waals surface area contributed by atoms with E-state index in [9.17, 15) is 24.6 Å². The predicted octanol–water partition coefficient (Wildman–Crippen LogP) is 1.25. The van der Waals surface area contributed by atoms with E-state index in [0.717, 1.165) is 16.7 Å². The molecule has 9 heteroatoms. The summed E-state index contributed by atoms with van der Waals surface area (Å²) >= 11 is 1.12. The quantitative estimate of drug-likeness (QED) is 0.623. The highest BCUT2D eigenvalue weighted by Gasteiger charge is 2.51. The number of ether oxygens (including phenoxy) is 3. The zero-order valence-corrected chi connectivity index (χ0v) is 15.8. The summed E-state index contributed by atoms with van der Waals surface area (Å²) in [7, 11) is 1.25. The molecule has 0 spiro atoms. The van der Waals surface area contributed by atoms with Gasteiger partial charge in [0.2, 0.25) is 0 Å². The van der Waals surface area contributed by atoms with Crippen LogP contribution in [-0.2, 0) is 28.6 Å². The Morgan fingerprint density at radius 2 is 1.81 bits per heavy atom. The van der Waals surface area contributed by atoms with Crippen LogP contribution in [-0.4, -0.2) is 64.9 Å². The summed E-state index contributed by atoms with van der Waals surface area (Å²) in [5, 5.41) is 20.1. The third kappa shape index (κ3) is 5.77. The molecule has 0 radical (unpaired) electrons. The van der Waals surface area contributed by atoms with E-state index < -0.39 is 41.8 Å². The van der Waals surface area contributed by atoms with Crippen LogP contribution >= 0.6 is 11.8 Å². The van der Waals surface area contributed by atoms with E-state index in [1.54, 1.807) is 24.3 Å². The zero-order valence-electron chi connectivity index (χ0n) is 14.9. The van der Waals surface area contributed by atoms with Gasteiger partial charge in [0.1, 0.15) is 23.4 Å². The van der Waals surface area contributed by atoms with Crippen molar-refractivity contribution >= 4 is 29.5 Å². The number of Topliss-reactive ketones (excluding diaryl/α,β-unsaturated/α-hetero) is 1. The molecule has 27 heavy (non-hydrogen) atoms. The molecule has 0 bridgehead atoms. The second-order valence-corrected chi connectivity index (χ2v) is 7.21. The second-order valence-electron chi connectivity index (χ2n) is 6.04. The number of aliphatic hydroxyl groups is 1. The Morgan fingerprint density at radius 1 is 1.15 bits per heavy atom. The standard InChI is InChI=1S/C18H22O8S/c1-10(19)8-9-12(20)25-14-13(21)18(27-11-6-4-3-5-7-11)26-16(17(22)23)15(14)24-2/h3-7,13-16,18,21H,8-9H2,1-2H3,(H,22,23)/t13-,14-,15+,16+,18+/m1/s1. The fourth-order valence-corrected chi connectivity index (χ4v) is 3.69. The summed E-state index contributed by atoms with van der Waals surface area (Å²) in [6.07, 6.45) is -5.34. The van der Waals surface area contributed by atoms with Gasteiger partial charge in [-0.3, -0.25) is 4.79 Å². The first-order valence-electron chi connectivity index (χ1n) is 8.33. The van der Waals surface area contributed by atoms with E-state index in [1.807, 2.05) is 6.07 Å². The van der Waals surface area contributed by atoms with Crippen LogP contribution in [0.15, 0.2) is 35.2 Å². The van der Waals surface area contributed by atoms with Gasteiger partial charge in [-0.25, -0.2) is 4.79 Å². The van der Waals surface area contributed by atoms with Gasteiger partial charge in [0, 0.05) is 18.4 Å². The predicted molar refractivity (Wildman–Crippen MR) is 95.2 cm³/mol. The van der Waals surface area contributed by atoms with E-state index in [1.165, 1.54) is 14.0 Å². The maximum Gasteiger partial charge on any atom is 0.335 e. The second kappa shape index (κ2) is 9.84. The van der Waals surface area contributed by atoms with Gasteiger partial charge in [0.05, 0.1) is 6.42 Å². The Labute approximate surface area is 160 Å². The summed E-state index contributed by atoms with van der Waals surface area (Å²) in [6, 6.07) is 8.98. The lowest BCUT2D eigenvalue weighted by Gasteiger charge is -2.41. The minimum Gasteiger partial charge on any atom is -0.479 e. The monoisotopic (exact) mass is 398 g/mol. The summed E-state index contributed by atoms with van der Waals surface area (Å²) in [5.41, 5.74) is -0.981. The average Bonchev–Trinajstić information content (AvgIpc) is 2.63. The number of carboxylic acid groups (broad SMARTS) is 1. The Morgan fingerprint density at radius 3 is 2.37 bits per heavy atom. The van der Waals surface area contributed by atoms with Crippen LogP contribution in [0.3, 0.4) is 0 Å². The van der Waals surface area contributed by atoms with Crippen LogP contribution in [0.5, 0.6) is 0 Å². The van der Waals surface area contributed by atoms with Crippen molar-refractivity contribution in [1.82, 2.24) is 0 Å². The number of hydrogen-bond acceptors (Lipinski definition) is 8. The normalized spacial score (nSPS) is 27.7. The molecule has 1 fully saturated rings. The first-order chi connectivity index (χ1) is 12.8. The van der Waals surface area contributed by atoms with Crippen molar-refractivity contribution in [1.29, 1.82) is 0 Å². The lowest BCUT2D eigenvalue weighted by atomic mass is 9.99. The Kier molecular flexibility index (Phi) is 7.78. The smallest absolute Gasteiger partial charge is 0.335 e. The van der Waals surface area contributed by atoms with Crippen molar-refractivity contribution in [2.24, 2.45) is 0 Å². The van der Waals surface area contributed by atoms with Gasteiger partial charge in [0.15, 0.2) is 12.2 Å². The number of ketones is 1. The topological polar surface area (TPSA) is 119 Å². The van der Waals surface area contributed by atoms with Crippen molar-refractivity contribution in [2.45, 2.75) is 54.5 Å². The van der Waals surface area contributed by atoms with Crippen LogP contribution in [0, 0.1) is 0 Å². The summed E-state index contributed by atoms with van der Waals surface area (Å²) in [6.45, 7) is 1.35. The van der Waals surface area contributed by atoms with Gasteiger partial charge < -0.3 is 29.2 Å². The van der Waals surface area contributed by atoms with E-state index in [4.69, 9.17) is 14.2 Å². The van der Waals surface area contributed by atoms with Crippen molar-refractivity contribution in [3.63, 3.8) is 0 Å². The molecule has 0 saturated carbocycles. The molecule has 0 aromatic heterocycles. The number of aliphatic hydroxyl groups excluding tert-OH is 1. The molecule has 1 aromatic carbocycles. The van der Waals surface area contributed by atoms with E-state index in [0.29, 0.717) is 0 Å². The molecule has 8 nitrogen and oxygen atoms in total. The van der Waals surface area contributed by atoms with Crippen LogP contribution in [0.4, 0.5) is 0 Å². The number of aliphatic carboxylic acids is 1. The number of carbonyl (C=O) groups excluding carboxylic acids is 2. The maximum absolute atomic E-state index is 12.0. The molecule has 148 valence electrons. The number of methoxy groups -OCH3 is 1. The van der Waals surface area contributed by atoms with Gasteiger partial charge >= 0.3 is 11.9 Å². The summed E-state index contributed by atoms with van der Waals surface area (Å²) in [5.74, 6) is -2.19. The van der Waals surface area contributed by atoms with Crippen molar-refractivity contribution in [2.75, 3.05) is 7.11 Å². The third-order valence-corrected chi connectivity index (χ3v) is 5.14. The van der Waals surface area contributed by atoms with Crippen molar-refractivity contribution in [3.8, 4) is 0 Å². The summed E-state index contributed by atoms with van der Waals surface area (Å²) < 4.78 is 16.0. The van der Waals surface area contributed by atoms with Gasteiger partial charge in [-0.15, -0.1) is 0 Å². The highest BCUT2D eigenvalue weighted by atomic mass is 32.2. The molecule has 2 rings (SSSR count). The van der Waals surface area contributed by atoms with Gasteiger partial charge in [0.25, 0.3) is 0 Å². The summed E-state index contributed by atoms with van der Waals surface area (Å²) in [4.78, 5) is 35.4. The van der Waals surface area contributed by atoms with Gasteiger partial charge in [-0.1, -0.05) is 30.0 Å². The molecule has 1 heterocycles. The van der Waals surface area contributed by atoms with Crippen LogP contribution in [0.2, 0.25) is 0 Å². The molecular formula is C18H22O8S. The number of carboxylic acids is 1. The Bertz CT molecular complexity index is 665. The first-order valence-corrected chi connectivity index (χ1v) is 9.21. The maximum atomic E-state index is 12.0. The highest BCUT2D eigenvalue weighted by Crippen LogP contribution is 2.35. The SMILES string of the molecule is CO[C@H]1[C@H](OC(=O)CCC(C)=O)[C@@H](O)[C@H](Sc2ccccc2)O[C@@H]1C(=O)O. The fourth-order valence-electron chi connectivity index (χ4n) is 2.64. The first kappa shape index (κ1) is 21.4. The van der Waals surface area contributed by atoms with Crippen molar-refractivity contribution in [3.05, 3.63) is 30.3 Å². The van der Waals surface area contributed by atoms with Crippen LogP contribution in [0.1, 0.15) is 19.8 Å². The van der Waals surface area contributed by atoms with E-state index >= 15 is 0 Å². The molecule has 1 aromatic rings. The van der Waals surface area contributed by atoms with Crippen LogP contribution < -0.4 is 0 Å². The molecule has 2 N–H and O–H groups in total. The number of thioether (sulfide) groups is 1. The average molecular weight is 398 g/mol. The molecular weight excluding hydrogens is 376 g/mol. The van der Waals surface area contributed by atoms with Gasteiger partial charge in [-0.05, 0) is 19.1 Å². The number of carbonyl (C=O) groups is 3. The molecule has 1 saturated heterocycles. The number of esters is 1. The lowest BCUT2D eigenvalue weighted by molar-refractivity contribution is -0.226. The molecule has 0 unspecified atom stereocenters. The van der Waals surface area contributed by atoms with E-state index in [2.05, 4.69) is 0 Å². The minimum atomic E-state index is -1.43. The number of benzene rings is 1. The third-order valence-electron chi connectivity index (χ3n) is 3.98. The highest BCUT2D eigenvalue weighted by molar-refractivity contribution is 7.99. The molecule has 1 aliphatic heterocycles. The number of rotatable bonds is 8. The molecule has 5 atom stereocenters. The Balaban J connectivity index is 2.19. The van der Waals surface area contributed by atoms with Crippen molar-refractivity contribution < 1.29 is 38.8 Å². The van der Waals surface area contributed by atoms with Gasteiger partial charge in [-0.2, -0.15) is 0 Å². The molecule has 1 aliphatic rings. The van der Waals surface area contributed by atoms with E-state index in [-0.39, 0.29) is 18.6 Å².